The smallest absolute Gasteiger partial charge is 0.251 e. The molecule has 2 aliphatic rings. The summed E-state index contributed by atoms with van der Waals surface area (Å²) in [5, 5.41) is 14.8. The first-order chi connectivity index (χ1) is 11.7. The van der Waals surface area contributed by atoms with Gasteiger partial charge in [-0.25, -0.2) is 4.68 Å². The van der Waals surface area contributed by atoms with Crippen LogP contribution in [0.2, 0.25) is 0 Å². The zero-order valence-corrected chi connectivity index (χ0v) is 13.7. The van der Waals surface area contributed by atoms with Crippen molar-refractivity contribution in [3.05, 3.63) is 35.7 Å². The third-order valence-electron chi connectivity index (χ3n) is 4.45. The molecule has 1 aromatic carbocycles. The van der Waals surface area contributed by atoms with E-state index >= 15 is 0 Å². The molecule has 2 saturated carbocycles. The van der Waals surface area contributed by atoms with Crippen LogP contribution in [0.3, 0.4) is 0 Å². The molecule has 0 bridgehead atoms. The van der Waals surface area contributed by atoms with Crippen molar-refractivity contribution in [3.8, 4) is 5.75 Å². The van der Waals surface area contributed by atoms with E-state index in [1.54, 1.807) is 12.1 Å². The molecule has 0 spiro atoms. The molecule has 2 aliphatic carbocycles. The maximum atomic E-state index is 12.4. The number of aromatic nitrogens is 4. The summed E-state index contributed by atoms with van der Waals surface area (Å²) >= 11 is 0. The molecule has 1 amide bonds. The Morgan fingerprint density at radius 1 is 1.29 bits per heavy atom. The number of tetrazole rings is 1. The maximum absolute atomic E-state index is 12.4. The van der Waals surface area contributed by atoms with E-state index in [1.807, 2.05) is 23.7 Å². The Morgan fingerprint density at radius 2 is 2.04 bits per heavy atom. The summed E-state index contributed by atoms with van der Waals surface area (Å²) in [6, 6.07) is 7.41. The van der Waals surface area contributed by atoms with Crippen LogP contribution in [0, 0.1) is 5.92 Å². The van der Waals surface area contributed by atoms with Gasteiger partial charge < -0.3 is 10.1 Å². The van der Waals surface area contributed by atoms with Gasteiger partial charge in [0.25, 0.3) is 5.91 Å². The summed E-state index contributed by atoms with van der Waals surface area (Å²) in [6.45, 7) is 2.67. The van der Waals surface area contributed by atoms with Gasteiger partial charge >= 0.3 is 0 Å². The van der Waals surface area contributed by atoms with Crippen LogP contribution in [0.5, 0.6) is 5.75 Å². The predicted octanol–water partition coefficient (Wildman–Crippen LogP) is 2.29. The minimum Gasteiger partial charge on any atom is -0.493 e. The topological polar surface area (TPSA) is 81.9 Å². The van der Waals surface area contributed by atoms with Gasteiger partial charge in [0, 0.05) is 5.56 Å². The molecular weight excluding hydrogens is 306 g/mol. The lowest BCUT2D eigenvalue weighted by atomic mass is 10.2. The highest BCUT2D eigenvalue weighted by Crippen LogP contribution is 2.35. The molecule has 0 radical (unpaired) electrons. The van der Waals surface area contributed by atoms with Gasteiger partial charge in [-0.3, -0.25) is 4.79 Å². The highest BCUT2D eigenvalue weighted by molar-refractivity contribution is 5.94. The van der Waals surface area contributed by atoms with Gasteiger partial charge in [0.05, 0.1) is 18.7 Å². The third kappa shape index (κ3) is 3.39. The first kappa shape index (κ1) is 15.1. The van der Waals surface area contributed by atoms with Crippen LogP contribution < -0.4 is 10.1 Å². The van der Waals surface area contributed by atoms with Crippen molar-refractivity contribution < 1.29 is 9.53 Å². The van der Waals surface area contributed by atoms with E-state index in [0.717, 1.165) is 25.2 Å². The predicted molar refractivity (Wildman–Crippen MR) is 86.6 cm³/mol. The fourth-order valence-electron chi connectivity index (χ4n) is 2.61. The van der Waals surface area contributed by atoms with Crippen molar-refractivity contribution in [1.29, 1.82) is 0 Å². The van der Waals surface area contributed by atoms with Crippen molar-refractivity contribution >= 4 is 5.91 Å². The molecule has 2 fully saturated rings. The summed E-state index contributed by atoms with van der Waals surface area (Å²) in [4.78, 5) is 12.4. The van der Waals surface area contributed by atoms with E-state index in [2.05, 4.69) is 20.8 Å². The second kappa shape index (κ2) is 6.22. The van der Waals surface area contributed by atoms with Gasteiger partial charge in [-0.15, -0.1) is 5.10 Å². The maximum Gasteiger partial charge on any atom is 0.251 e. The molecule has 7 nitrogen and oxygen atoms in total. The van der Waals surface area contributed by atoms with E-state index in [4.69, 9.17) is 4.74 Å². The molecule has 1 aromatic heterocycles. The number of ether oxygens (including phenoxy) is 1. The molecule has 7 heteroatoms. The van der Waals surface area contributed by atoms with E-state index in [1.165, 1.54) is 12.8 Å². The van der Waals surface area contributed by atoms with Crippen molar-refractivity contribution in [2.45, 2.75) is 44.7 Å². The SMILES string of the molecule is C[C@H](NC(=O)c1ccc(OCC2CC2)cc1)c1nnnn1C1CC1. The average Bonchev–Trinajstić information content (AvgIpc) is 3.53. The minimum atomic E-state index is -0.237. The molecule has 1 atom stereocenters. The lowest BCUT2D eigenvalue weighted by molar-refractivity contribution is 0.0937. The Balaban J connectivity index is 1.36. The standard InChI is InChI=1S/C17H21N5O2/c1-11(16-19-20-21-22(16)14-6-7-14)18-17(23)13-4-8-15(9-5-13)24-10-12-2-3-12/h4-5,8-9,11-12,14H,2-3,6-7,10H2,1H3,(H,18,23)/t11-/m0/s1. The highest BCUT2D eigenvalue weighted by Gasteiger charge is 2.30. The van der Waals surface area contributed by atoms with Gasteiger partial charge in [-0.2, -0.15) is 0 Å². The number of hydrogen-bond donors (Lipinski definition) is 1. The van der Waals surface area contributed by atoms with Crippen LogP contribution in [0.15, 0.2) is 24.3 Å². The second-order valence-electron chi connectivity index (χ2n) is 6.69. The van der Waals surface area contributed by atoms with E-state index in [0.29, 0.717) is 23.3 Å². The number of hydrogen-bond acceptors (Lipinski definition) is 5. The molecule has 2 aromatic rings. The zero-order valence-electron chi connectivity index (χ0n) is 13.7. The normalized spacial score (nSPS) is 18.2. The van der Waals surface area contributed by atoms with Crippen LogP contribution in [-0.4, -0.2) is 32.7 Å². The molecule has 0 aliphatic heterocycles. The van der Waals surface area contributed by atoms with Crippen molar-refractivity contribution in [2.75, 3.05) is 6.61 Å². The Kier molecular flexibility index (Phi) is 3.92. The molecule has 126 valence electrons. The monoisotopic (exact) mass is 327 g/mol. The van der Waals surface area contributed by atoms with Crippen molar-refractivity contribution in [3.63, 3.8) is 0 Å². The molecule has 24 heavy (non-hydrogen) atoms. The number of benzene rings is 1. The number of nitrogens with zero attached hydrogens (tertiary/aromatic N) is 4. The molecular formula is C17H21N5O2. The number of nitrogens with one attached hydrogen (secondary N) is 1. The first-order valence-electron chi connectivity index (χ1n) is 8.52. The lowest BCUT2D eigenvalue weighted by Gasteiger charge is -2.13. The zero-order chi connectivity index (χ0) is 16.5. The van der Waals surface area contributed by atoms with Crippen LogP contribution >= 0.6 is 0 Å². The molecule has 1 heterocycles. The minimum absolute atomic E-state index is 0.137. The van der Waals surface area contributed by atoms with Crippen molar-refractivity contribution in [2.24, 2.45) is 5.92 Å². The largest absolute Gasteiger partial charge is 0.493 e. The Labute approximate surface area is 140 Å². The Bertz CT molecular complexity index is 719. The summed E-state index contributed by atoms with van der Waals surface area (Å²) in [5.74, 6) is 2.09. The number of carbonyl (C=O) groups excluding carboxylic acids is 1. The van der Waals surface area contributed by atoms with Gasteiger partial charge in [0.15, 0.2) is 5.82 Å². The number of amides is 1. The van der Waals surface area contributed by atoms with Crippen LogP contribution in [0.25, 0.3) is 0 Å². The molecule has 4 rings (SSSR count). The fraction of sp³-hybridized carbons (Fsp3) is 0.529. The van der Waals surface area contributed by atoms with Crippen LogP contribution in [0.4, 0.5) is 0 Å². The summed E-state index contributed by atoms with van der Waals surface area (Å²) in [6.07, 6.45) is 4.72. The summed E-state index contributed by atoms with van der Waals surface area (Å²) < 4.78 is 7.51. The molecule has 0 saturated heterocycles. The summed E-state index contributed by atoms with van der Waals surface area (Å²) in [7, 11) is 0. The highest BCUT2D eigenvalue weighted by atomic mass is 16.5. The Morgan fingerprint density at radius 3 is 2.71 bits per heavy atom. The van der Waals surface area contributed by atoms with Crippen LogP contribution in [0.1, 0.15) is 60.9 Å². The number of carbonyl (C=O) groups is 1. The van der Waals surface area contributed by atoms with Gasteiger partial charge in [0.2, 0.25) is 0 Å². The second-order valence-corrected chi connectivity index (χ2v) is 6.69. The van der Waals surface area contributed by atoms with Crippen molar-refractivity contribution in [1.82, 2.24) is 25.5 Å². The van der Waals surface area contributed by atoms with Gasteiger partial charge in [-0.1, -0.05) is 0 Å². The Hall–Kier alpha value is -2.44. The van der Waals surface area contributed by atoms with E-state index in [-0.39, 0.29) is 11.9 Å². The van der Waals surface area contributed by atoms with E-state index < -0.39 is 0 Å². The summed E-state index contributed by atoms with van der Waals surface area (Å²) in [5.41, 5.74) is 0.603. The molecule has 0 unspecified atom stereocenters. The van der Waals surface area contributed by atoms with Gasteiger partial charge in [0.1, 0.15) is 5.75 Å². The third-order valence-corrected chi connectivity index (χ3v) is 4.45. The fourth-order valence-corrected chi connectivity index (χ4v) is 2.61. The first-order valence-corrected chi connectivity index (χ1v) is 8.52. The quantitative estimate of drug-likeness (QED) is 0.844. The lowest BCUT2D eigenvalue weighted by Crippen LogP contribution is -2.28. The van der Waals surface area contributed by atoms with Crippen LogP contribution in [-0.2, 0) is 0 Å². The number of rotatable bonds is 7. The van der Waals surface area contributed by atoms with Gasteiger partial charge in [-0.05, 0) is 73.2 Å². The average molecular weight is 327 g/mol. The van der Waals surface area contributed by atoms with E-state index in [9.17, 15) is 4.79 Å². The molecule has 1 N–H and O–H groups in total.